The van der Waals surface area contributed by atoms with E-state index in [1.54, 1.807) is 0 Å². The van der Waals surface area contributed by atoms with Gasteiger partial charge < -0.3 is 11.1 Å². The second-order valence-electron chi connectivity index (χ2n) is 3.61. The van der Waals surface area contributed by atoms with Gasteiger partial charge in [-0.2, -0.15) is 0 Å². The van der Waals surface area contributed by atoms with Crippen molar-refractivity contribution in [2.45, 2.75) is 13.0 Å². The van der Waals surface area contributed by atoms with Crippen molar-refractivity contribution in [1.82, 2.24) is 5.32 Å². The molecule has 4 nitrogen and oxygen atoms in total. The van der Waals surface area contributed by atoms with E-state index >= 15 is 0 Å². The topological polar surface area (TPSA) is 67.5 Å². The molecule has 16 heavy (non-hydrogen) atoms. The molecule has 0 fully saturated rings. The summed E-state index contributed by atoms with van der Waals surface area (Å²) in [6.45, 7) is 0.554. The van der Waals surface area contributed by atoms with Gasteiger partial charge in [-0.05, 0) is 17.2 Å². The minimum absolute atomic E-state index is 0.0135. The maximum atomic E-state index is 11.3. The number of hydrogen-bond acceptors (Lipinski definition) is 2. The number of nitrogens with one attached hydrogen (secondary N) is 1. The molecule has 0 atom stereocenters. The van der Waals surface area contributed by atoms with Gasteiger partial charge in [0.25, 0.3) is 0 Å². The minimum Gasteiger partial charge on any atom is -0.386 e. The van der Waals surface area contributed by atoms with Crippen LogP contribution in [0.5, 0.6) is 0 Å². The summed E-state index contributed by atoms with van der Waals surface area (Å²) >= 11 is 5.58. The van der Waals surface area contributed by atoms with Crippen LogP contribution in [0.15, 0.2) is 23.2 Å². The summed E-state index contributed by atoms with van der Waals surface area (Å²) in [6.07, 6.45) is 0.352. The number of aliphatic imine (C=N–C) groups is 1. The van der Waals surface area contributed by atoms with Gasteiger partial charge in [0.1, 0.15) is 5.84 Å². The molecule has 1 aromatic rings. The normalized spacial score (nSPS) is 15.6. The van der Waals surface area contributed by atoms with Crippen LogP contribution in [0.3, 0.4) is 0 Å². The highest BCUT2D eigenvalue weighted by atomic mass is 35.5. The second kappa shape index (κ2) is 4.53. The molecule has 0 bridgehead atoms. The van der Waals surface area contributed by atoms with Gasteiger partial charge in [-0.25, -0.2) is 4.99 Å². The maximum absolute atomic E-state index is 11.3. The summed E-state index contributed by atoms with van der Waals surface area (Å²) in [5.74, 6) is 0.566. The molecule has 1 aliphatic heterocycles. The molecule has 0 unspecified atom stereocenters. The molecule has 1 aromatic carbocycles. The van der Waals surface area contributed by atoms with Crippen molar-refractivity contribution >= 4 is 29.0 Å². The Hall–Kier alpha value is -1.55. The lowest BCUT2D eigenvalue weighted by atomic mass is 9.99. The standard InChI is InChI=1S/C11H12ClN3O/c12-5-10(13)15-9-3-1-2-7-6-14-11(16)4-8(7)9/h1-3H,4-6H2,(H2,13,15)(H,14,16). The smallest absolute Gasteiger partial charge is 0.224 e. The summed E-state index contributed by atoms with van der Waals surface area (Å²) in [5.41, 5.74) is 8.36. The van der Waals surface area contributed by atoms with Crippen molar-refractivity contribution in [3.05, 3.63) is 29.3 Å². The van der Waals surface area contributed by atoms with Gasteiger partial charge in [0.15, 0.2) is 0 Å². The van der Waals surface area contributed by atoms with Gasteiger partial charge in [0.2, 0.25) is 5.91 Å². The molecule has 0 aromatic heterocycles. The Kier molecular flexibility index (Phi) is 3.10. The third kappa shape index (κ3) is 2.17. The van der Waals surface area contributed by atoms with E-state index in [1.165, 1.54) is 0 Å². The van der Waals surface area contributed by atoms with Gasteiger partial charge in [0, 0.05) is 6.54 Å². The lowest BCUT2D eigenvalue weighted by Gasteiger charge is -2.18. The molecule has 84 valence electrons. The van der Waals surface area contributed by atoms with E-state index in [1.807, 2.05) is 18.2 Å². The van der Waals surface area contributed by atoms with Gasteiger partial charge in [0.05, 0.1) is 18.0 Å². The van der Waals surface area contributed by atoms with Crippen LogP contribution in [0.4, 0.5) is 5.69 Å². The third-order valence-electron chi connectivity index (χ3n) is 2.46. The SMILES string of the molecule is NC(CCl)=Nc1cccc2c1CC(=O)NC2. The molecular weight excluding hydrogens is 226 g/mol. The first-order valence-electron chi connectivity index (χ1n) is 4.97. The second-order valence-corrected chi connectivity index (χ2v) is 3.87. The first-order chi connectivity index (χ1) is 7.70. The van der Waals surface area contributed by atoms with Crippen molar-refractivity contribution in [3.63, 3.8) is 0 Å². The van der Waals surface area contributed by atoms with Gasteiger partial charge in [-0.1, -0.05) is 12.1 Å². The van der Waals surface area contributed by atoms with E-state index < -0.39 is 0 Å². The Labute approximate surface area is 98.5 Å². The number of nitrogens with zero attached hydrogens (tertiary/aromatic N) is 1. The number of benzene rings is 1. The van der Waals surface area contributed by atoms with Crippen LogP contribution in [0, 0.1) is 0 Å². The number of nitrogens with two attached hydrogens (primary N) is 1. The van der Waals surface area contributed by atoms with Crippen molar-refractivity contribution < 1.29 is 4.79 Å². The molecule has 1 heterocycles. The largest absolute Gasteiger partial charge is 0.386 e. The summed E-state index contributed by atoms with van der Waals surface area (Å²) in [4.78, 5) is 15.5. The van der Waals surface area contributed by atoms with Crippen molar-refractivity contribution in [1.29, 1.82) is 0 Å². The molecule has 3 N–H and O–H groups in total. The molecule has 0 spiro atoms. The molecule has 2 rings (SSSR count). The first-order valence-corrected chi connectivity index (χ1v) is 5.50. The van der Waals surface area contributed by atoms with Crippen molar-refractivity contribution in [2.24, 2.45) is 10.7 Å². The maximum Gasteiger partial charge on any atom is 0.224 e. The fourth-order valence-electron chi connectivity index (χ4n) is 1.70. The Morgan fingerprint density at radius 3 is 3.12 bits per heavy atom. The molecule has 0 aliphatic carbocycles. The van der Waals surface area contributed by atoms with Crippen LogP contribution in [-0.4, -0.2) is 17.6 Å². The predicted octanol–water partition coefficient (Wildman–Crippen LogP) is 1.09. The first kappa shape index (κ1) is 11.0. The zero-order valence-corrected chi connectivity index (χ0v) is 9.42. The van der Waals surface area contributed by atoms with E-state index in [0.29, 0.717) is 18.8 Å². The highest BCUT2D eigenvalue weighted by Gasteiger charge is 2.17. The number of carbonyl (C=O) groups is 1. The van der Waals surface area contributed by atoms with Crippen molar-refractivity contribution in [2.75, 3.05) is 5.88 Å². The van der Waals surface area contributed by atoms with E-state index in [4.69, 9.17) is 17.3 Å². The highest BCUT2D eigenvalue weighted by Crippen LogP contribution is 2.25. The number of carbonyl (C=O) groups excluding carboxylic acids is 1. The van der Waals surface area contributed by atoms with Gasteiger partial charge >= 0.3 is 0 Å². The zero-order chi connectivity index (χ0) is 11.5. The lowest BCUT2D eigenvalue weighted by Crippen LogP contribution is -2.30. The highest BCUT2D eigenvalue weighted by molar-refractivity contribution is 6.28. The molecule has 0 radical (unpaired) electrons. The van der Waals surface area contributed by atoms with E-state index in [0.717, 1.165) is 16.8 Å². The molecular formula is C11H12ClN3O. The van der Waals surface area contributed by atoms with E-state index in [-0.39, 0.29) is 11.8 Å². The zero-order valence-electron chi connectivity index (χ0n) is 8.66. The third-order valence-corrected chi connectivity index (χ3v) is 2.74. The molecule has 5 heteroatoms. The monoisotopic (exact) mass is 237 g/mol. The van der Waals surface area contributed by atoms with Crippen LogP contribution < -0.4 is 11.1 Å². The predicted molar refractivity (Wildman–Crippen MR) is 64.0 cm³/mol. The number of rotatable bonds is 2. The Bertz CT molecular complexity index is 457. The molecule has 1 amide bonds. The van der Waals surface area contributed by atoms with Crippen molar-refractivity contribution in [3.8, 4) is 0 Å². The Balaban J connectivity index is 2.43. The fourth-order valence-corrected chi connectivity index (χ4v) is 1.76. The van der Waals surface area contributed by atoms with Crippen LogP contribution in [-0.2, 0) is 17.8 Å². The fraction of sp³-hybridized carbons (Fsp3) is 0.273. The Morgan fingerprint density at radius 2 is 2.38 bits per heavy atom. The number of fused-ring (bicyclic) bond motifs is 1. The molecule has 0 saturated heterocycles. The summed E-state index contributed by atoms with van der Waals surface area (Å²) < 4.78 is 0. The van der Waals surface area contributed by atoms with Gasteiger partial charge in [-0.15, -0.1) is 11.6 Å². The van der Waals surface area contributed by atoms with Crippen LogP contribution in [0.2, 0.25) is 0 Å². The molecule has 0 saturated carbocycles. The molecule has 1 aliphatic rings. The average molecular weight is 238 g/mol. The summed E-state index contributed by atoms with van der Waals surface area (Å²) in [5, 5.41) is 2.79. The number of amides is 1. The number of halogens is 1. The lowest BCUT2D eigenvalue weighted by molar-refractivity contribution is -0.121. The summed E-state index contributed by atoms with van der Waals surface area (Å²) in [6, 6.07) is 5.72. The summed E-state index contributed by atoms with van der Waals surface area (Å²) in [7, 11) is 0. The van der Waals surface area contributed by atoms with Gasteiger partial charge in [-0.3, -0.25) is 4.79 Å². The number of hydrogen-bond donors (Lipinski definition) is 2. The number of alkyl halides is 1. The Morgan fingerprint density at radius 1 is 1.56 bits per heavy atom. The minimum atomic E-state index is 0.0135. The van der Waals surface area contributed by atoms with E-state index in [2.05, 4.69) is 10.3 Å². The average Bonchev–Trinajstić information content (AvgIpc) is 2.29. The van der Waals surface area contributed by atoms with Crippen LogP contribution in [0.25, 0.3) is 0 Å². The quantitative estimate of drug-likeness (QED) is 0.459. The van der Waals surface area contributed by atoms with E-state index in [9.17, 15) is 4.79 Å². The van der Waals surface area contributed by atoms with Crippen LogP contribution >= 0.6 is 11.6 Å². The number of amidine groups is 1. The van der Waals surface area contributed by atoms with Crippen LogP contribution in [0.1, 0.15) is 11.1 Å².